The number of rotatable bonds is 6. The minimum absolute atomic E-state index is 0.441. The highest BCUT2D eigenvalue weighted by Gasteiger charge is 2.14. The number of fused-ring (bicyclic) bond motifs is 4. The average Bonchev–Trinajstić information content (AvgIpc) is 2.96. The van der Waals surface area contributed by atoms with Gasteiger partial charge in [0.05, 0.1) is 0 Å². The highest BCUT2D eigenvalue weighted by Crippen LogP contribution is 2.36. The van der Waals surface area contributed by atoms with E-state index in [1.54, 1.807) is 0 Å². The molecule has 0 spiro atoms. The minimum Gasteiger partial charge on any atom is -0.134 e. The largest absolute Gasteiger partial charge is 0.134 e. The van der Waals surface area contributed by atoms with Gasteiger partial charge in [0.2, 0.25) is 0 Å². The van der Waals surface area contributed by atoms with E-state index in [-0.39, 0.29) is 0 Å². The third-order valence-electron chi connectivity index (χ3n) is 8.36. The normalized spacial score (nSPS) is 11.9. The molecular formula is C36H38Si2. The first-order valence-electron chi connectivity index (χ1n) is 14.4. The predicted octanol–water partition coefficient (Wildman–Crippen LogP) is 8.47. The summed E-state index contributed by atoms with van der Waals surface area (Å²) in [6.45, 7) is 9.23. The molecule has 190 valence electrons. The van der Waals surface area contributed by atoms with Gasteiger partial charge in [-0.05, 0) is 78.4 Å². The highest BCUT2D eigenvalue weighted by molar-refractivity contribution is 6.48. The van der Waals surface area contributed by atoms with Crippen LogP contribution in [0.15, 0.2) is 72.8 Å². The van der Waals surface area contributed by atoms with Crippen molar-refractivity contribution in [3.05, 3.63) is 83.9 Å². The van der Waals surface area contributed by atoms with Crippen molar-refractivity contribution in [1.29, 1.82) is 0 Å². The summed E-state index contributed by atoms with van der Waals surface area (Å²) in [7, 11) is -0.883. The van der Waals surface area contributed by atoms with Crippen LogP contribution in [0.2, 0.25) is 11.1 Å². The van der Waals surface area contributed by atoms with Crippen LogP contribution in [0.1, 0.15) is 64.5 Å². The fraction of sp³-hybridized carbons (Fsp3) is 0.278. The Labute approximate surface area is 232 Å². The van der Waals surface area contributed by atoms with E-state index in [0.29, 0.717) is 0 Å². The van der Waals surface area contributed by atoms with Crippen molar-refractivity contribution in [3.63, 3.8) is 0 Å². The molecule has 0 aliphatic rings. The zero-order valence-corrected chi connectivity index (χ0v) is 26.2. The standard InChI is InChI=1S/C36H38Si2/c1-5-29(6-2)37-19-17-33-31-15-11-12-16-32(31)34(18-20-38-30(7-3)8-4)36-24-28-22-26-14-10-9-13-25(26)21-27(28)23-35(33)36/h9-16,21-24,29-30H,5-8,37-38H2,1-4H3. The monoisotopic (exact) mass is 526 g/mol. The molecule has 0 bridgehead atoms. The smallest absolute Gasteiger partial charge is 0.110 e. The van der Waals surface area contributed by atoms with Gasteiger partial charge in [-0.15, -0.1) is 11.1 Å². The summed E-state index contributed by atoms with van der Waals surface area (Å²) in [5.74, 6) is 7.45. The molecule has 0 fully saturated rings. The average molecular weight is 527 g/mol. The van der Waals surface area contributed by atoms with Crippen LogP contribution in [0.5, 0.6) is 0 Å². The Balaban J connectivity index is 1.81. The van der Waals surface area contributed by atoms with Crippen LogP contribution in [0.25, 0.3) is 43.1 Å². The highest BCUT2D eigenvalue weighted by atomic mass is 28.2. The lowest BCUT2D eigenvalue weighted by molar-refractivity contribution is 0.764. The van der Waals surface area contributed by atoms with Crippen LogP contribution in [-0.2, 0) is 0 Å². The van der Waals surface area contributed by atoms with Gasteiger partial charge >= 0.3 is 0 Å². The summed E-state index contributed by atoms with van der Waals surface area (Å²) < 4.78 is 0. The van der Waals surface area contributed by atoms with Crippen molar-refractivity contribution in [2.24, 2.45) is 0 Å². The molecule has 0 N–H and O–H groups in total. The maximum absolute atomic E-state index is 3.72. The molecule has 0 saturated heterocycles. The molecule has 0 atom stereocenters. The van der Waals surface area contributed by atoms with Gasteiger partial charge < -0.3 is 0 Å². The summed E-state index contributed by atoms with van der Waals surface area (Å²) in [4.78, 5) is 0. The van der Waals surface area contributed by atoms with E-state index < -0.39 is 19.0 Å². The summed E-state index contributed by atoms with van der Waals surface area (Å²) in [5.41, 5.74) is 11.4. The van der Waals surface area contributed by atoms with E-state index in [1.165, 1.54) is 79.9 Å². The van der Waals surface area contributed by atoms with Crippen molar-refractivity contribution in [3.8, 4) is 22.9 Å². The zero-order valence-electron chi connectivity index (χ0n) is 23.3. The molecule has 5 aromatic rings. The molecule has 0 aliphatic carbocycles. The van der Waals surface area contributed by atoms with Crippen LogP contribution < -0.4 is 0 Å². The Morgan fingerprint density at radius 2 is 0.895 bits per heavy atom. The van der Waals surface area contributed by atoms with E-state index in [9.17, 15) is 0 Å². The predicted molar refractivity (Wildman–Crippen MR) is 176 cm³/mol. The molecule has 0 aliphatic heterocycles. The van der Waals surface area contributed by atoms with E-state index in [1.807, 2.05) is 0 Å². The lowest BCUT2D eigenvalue weighted by Gasteiger charge is -2.13. The van der Waals surface area contributed by atoms with Gasteiger partial charge in [-0.1, -0.05) is 114 Å². The molecule has 0 amide bonds. The molecule has 5 aromatic carbocycles. The second-order valence-corrected chi connectivity index (χ2v) is 14.4. The van der Waals surface area contributed by atoms with Gasteiger partial charge in [-0.25, -0.2) is 0 Å². The van der Waals surface area contributed by atoms with Gasteiger partial charge in [0.1, 0.15) is 19.0 Å². The fourth-order valence-corrected chi connectivity index (χ4v) is 7.90. The molecule has 38 heavy (non-hydrogen) atoms. The molecular weight excluding hydrogens is 489 g/mol. The summed E-state index contributed by atoms with van der Waals surface area (Å²) in [5, 5.41) is 10.1. The lowest BCUT2D eigenvalue weighted by Crippen LogP contribution is -1.99. The molecule has 0 aromatic heterocycles. The van der Waals surface area contributed by atoms with Gasteiger partial charge in [0.25, 0.3) is 0 Å². The second kappa shape index (κ2) is 12.0. The minimum atomic E-state index is -0.441. The Kier molecular flexibility index (Phi) is 8.33. The van der Waals surface area contributed by atoms with Gasteiger partial charge in [0.15, 0.2) is 0 Å². The Bertz CT molecular complexity index is 1600. The molecule has 2 heteroatoms. The molecule has 0 saturated carbocycles. The van der Waals surface area contributed by atoms with Crippen molar-refractivity contribution in [1.82, 2.24) is 0 Å². The number of benzene rings is 5. The molecule has 0 radical (unpaired) electrons. The quantitative estimate of drug-likeness (QED) is 0.118. The third-order valence-corrected chi connectivity index (χ3v) is 12.6. The summed E-state index contributed by atoms with van der Waals surface area (Å²) in [6.07, 6.45) is 4.97. The fourth-order valence-electron chi connectivity index (χ4n) is 5.61. The first kappa shape index (κ1) is 26.3. The van der Waals surface area contributed by atoms with E-state index in [4.69, 9.17) is 0 Å². The van der Waals surface area contributed by atoms with Crippen LogP contribution in [0.3, 0.4) is 0 Å². The van der Waals surface area contributed by atoms with Crippen LogP contribution >= 0.6 is 0 Å². The zero-order chi connectivity index (χ0) is 26.5. The van der Waals surface area contributed by atoms with Crippen molar-refractivity contribution in [2.45, 2.75) is 64.5 Å². The van der Waals surface area contributed by atoms with Crippen LogP contribution in [0, 0.1) is 22.9 Å². The van der Waals surface area contributed by atoms with E-state index in [0.717, 1.165) is 11.1 Å². The first-order chi connectivity index (χ1) is 18.7. The summed E-state index contributed by atoms with van der Waals surface area (Å²) >= 11 is 0. The van der Waals surface area contributed by atoms with Crippen molar-refractivity contribution >= 4 is 62.1 Å². The number of hydrogen-bond donors (Lipinski definition) is 0. The van der Waals surface area contributed by atoms with Gasteiger partial charge in [0, 0.05) is 11.1 Å². The molecule has 0 heterocycles. The van der Waals surface area contributed by atoms with Gasteiger partial charge in [-0.2, -0.15) is 0 Å². The molecule has 5 rings (SSSR count). The van der Waals surface area contributed by atoms with Crippen molar-refractivity contribution in [2.75, 3.05) is 0 Å². The maximum Gasteiger partial charge on any atom is 0.110 e. The van der Waals surface area contributed by atoms with E-state index >= 15 is 0 Å². The van der Waals surface area contributed by atoms with Crippen molar-refractivity contribution < 1.29 is 0 Å². The first-order valence-corrected chi connectivity index (χ1v) is 17.5. The SMILES string of the molecule is CCC(CC)[SiH2]C#Cc1c2ccccc2c(C#C[SiH2]C(CC)CC)c2cc3cc4ccccc4cc3cc12. The Morgan fingerprint density at radius 1 is 0.500 bits per heavy atom. The topological polar surface area (TPSA) is 0 Å². The van der Waals surface area contributed by atoms with Crippen LogP contribution in [-0.4, -0.2) is 19.0 Å². The molecule has 0 nitrogen and oxygen atoms in total. The second-order valence-electron chi connectivity index (χ2n) is 10.6. The molecule has 0 unspecified atom stereocenters. The van der Waals surface area contributed by atoms with Gasteiger partial charge in [-0.3, -0.25) is 0 Å². The number of hydrogen-bond acceptors (Lipinski definition) is 0. The Hall–Kier alpha value is -3.31. The Morgan fingerprint density at radius 3 is 1.29 bits per heavy atom. The van der Waals surface area contributed by atoms with Crippen LogP contribution in [0.4, 0.5) is 0 Å². The third kappa shape index (κ3) is 5.30. The summed E-state index contributed by atoms with van der Waals surface area (Å²) in [6, 6.07) is 26.9. The van der Waals surface area contributed by atoms with E-state index in [2.05, 4.69) is 123 Å². The maximum atomic E-state index is 3.72. The lowest BCUT2D eigenvalue weighted by atomic mass is 9.90.